The number of carbonyl (C=O) groups is 1. The van der Waals surface area contributed by atoms with Gasteiger partial charge in [0.1, 0.15) is 23.9 Å². The number of carbonyl (C=O) groups excluding carboxylic acids is 1. The van der Waals surface area contributed by atoms with Gasteiger partial charge < -0.3 is 14.4 Å². The van der Waals surface area contributed by atoms with Gasteiger partial charge in [-0.3, -0.25) is 14.7 Å². The van der Waals surface area contributed by atoms with Gasteiger partial charge in [0.05, 0.1) is 18.3 Å². The molecule has 1 saturated heterocycles. The lowest BCUT2D eigenvalue weighted by atomic mass is 10.2. The molecule has 128 valence electrons. The summed E-state index contributed by atoms with van der Waals surface area (Å²) >= 11 is 0. The van der Waals surface area contributed by atoms with Gasteiger partial charge in [0.25, 0.3) is 5.91 Å². The second-order valence-corrected chi connectivity index (χ2v) is 5.84. The number of furan rings is 1. The predicted octanol–water partition coefficient (Wildman–Crippen LogP) is 1.65. The smallest absolute Gasteiger partial charge is 0.255 e. The molecular weight excluding hydrogens is 313 g/mol. The van der Waals surface area contributed by atoms with Crippen molar-refractivity contribution in [3.63, 3.8) is 0 Å². The Balaban J connectivity index is 1.59. The van der Waals surface area contributed by atoms with Crippen molar-refractivity contribution >= 4 is 5.91 Å². The zero-order chi connectivity index (χ0) is 16.9. The molecule has 0 saturated carbocycles. The molecular formula is C17H20FN3O3. The Hall–Kier alpha value is -2.25. The maximum atomic E-state index is 13.2. The minimum Gasteiger partial charge on any atom is -0.462 e. The van der Waals surface area contributed by atoms with E-state index in [1.165, 1.54) is 12.3 Å². The molecule has 0 aliphatic carbocycles. The maximum Gasteiger partial charge on any atom is 0.255 e. The van der Waals surface area contributed by atoms with Crippen molar-refractivity contribution in [3.8, 4) is 0 Å². The first-order valence-corrected chi connectivity index (χ1v) is 7.96. The Morgan fingerprint density at radius 1 is 1.21 bits per heavy atom. The molecule has 1 amide bonds. The molecule has 0 atom stereocenters. The molecule has 6 nitrogen and oxygen atoms in total. The molecule has 24 heavy (non-hydrogen) atoms. The fraction of sp³-hybridized carbons (Fsp3) is 0.412. The van der Waals surface area contributed by atoms with E-state index in [1.54, 1.807) is 11.0 Å². The number of nitrogens with zero attached hydrogens (tertiary/aromatic N) is 3. The molecule has 3 heterocycles. The van der Waals surface area contributed by atoms with Gasteiger partial charge in [-0.15, -0.1) is 0 Å². The van der Waals surface area contributed by atoms with Crippen LogP contribution in [0.4, 0.5) is 4.39 Å². The monoisotopic (exact) mass is 333 g/mol. The van der Waals surface area contributed by atoms with Crippen LogP contribution in [-0.4, -0.2) is 52.0 Å². The Kier molecular flexibility index (Phi) is 5.22. The lowest BCUT2D eigenvalue weighted by Gasteiger charge is -2.21. The molecule has 0 radical (unpaired) electrons. The van der Waals surface area contributed by atoms with Gasteiger partial charge in [-0.05, 0) is 24.6 Å². The van der Waals surface area contributed by atoms with Crippen molar-refractivity contribution < 1.29 is 18.7 Å². The van der Waals surface area contributed by atoms with Crippen molar-refractivity contribution in [1.29, 1.82) is 0 Å². The predicted molar refractivity (Wildman–Crippen MR) is 84.6 cm³/mol. The van der Waals surface area contributed by atoms with E-state index < -0.39 is 5.82 Å². The van der Waals surface area contributed by atoms with E-state index in [9.17, 15) is 9.18 Å². The van der Waals surface area contributed by atoms with Gasteiger partial charge in [0, 0.05) is 32.4 Å². The number of amides is 1. The van der Waals surface area contributed by atoms with E-state index >= 15 is 0 Å². The topological polar surface area (TPSA) is 69.8 Å². The van der Waals surface area contributed by atoms with Crippen LogP contribution in [0.5, 0.6) is 0 Å². The summed E-state index contributed by atoms with van der Waals surface area (Å²) < 4.78 is 18.8. The molecule has 7 heteroatoms. The highest BCUT2D eigenvalue weighted by molar-refractivity contribution is 5.93. The van der Waals surface area contributed by atoms with Crippen molar-refractivity contribution in [1.82, 2.24) is 14.8 Å². The fourth-order valence-corrected chi connectivity index (χ4v) is 2.86. The van der Waals surface area contributed by atoms with Crippen molar-refractivity contribution in [2.45, 2.75) is 19.6 Å². The third kappa shape index (κ3) is 3.98. The summed E-state index contributed by atoms with van der Waals surface area (Å²) in [5.41, 5.74) is 0.280. The van der Waals surface area contributed by atoms with Gasteiger partial charge >= 0.3 is 0 Å². The Morgan fingerprint density at radius 3 is 2.79 bits per heavy atom. The van der Waals surface area contributed by atoms with Gasteiger partial charge in [-0.1, -0.05) is 0 Å². The highest BCUT2D eigenvalue weighted by Gasteiger charge is 2.21. The first kappa shape index (κ1) is 16.6. The number of halogens is 1. The number of aliphatic hydroxyl groups excluding tert-OH is 1. The lowest BCUT2D eigenvalue weighted by Crippen LogP contribution is -2.35. The van der Waals surface area contributed by atoms with Crippen LogP contribution in [0.2, 0.25) is 0 Å². The number of aliphatic hydroxyl groups is 1. The average Bonchev–Trinajstić information content (AvgIpc) is 2.91. The third-order valence-corrected chi connectivity index (χ3v) is 4.08. The van der Waals surface area contributed by atoms with Crippen LogP contribution >= 0.6 is 0 Å². The van der Waals surface area contributed by atoms with Crippen LogP contribution in [0.15, 0.2) is 35.0 Å². The fourth-order valence-electron chi connectivity index (χ4n) is 2.86. The van der Waals surface area contributed by atoms with Crippen molar-refractivity contribution in [2.75, 3.05) is 26.2 Å². The van der Waals surface area contributed by atoms with Crippen LogP contribution in [0.3, 0.4) is 0 Å². The summed E-state index contributed by atoms with van der Waals surface area (Å²) in [6.07, 6.45) is 3.32. The molecule has 1 aliphatic rings. The lowest BCUT2D eigenvalue weighted by molar-refractivity contribution is 0.0759. The Labute approximate surface area is 139 Å². The molecule has 3 rings (SSSR count). The number of hydrogen-bond acceptors (Lipinski definition) is 5. The normalized spacial score (nSPS) is 16.2. The minimum absolute atomic E-state index is 0.107. The van der Waals surface area contributed by atoms with E-state index in [4.69, 9.17) is 9.52 Å². The van der Waals surface area contributed by atoms with E-state index in [0.29, 0.717) is 31.9 Å². The van der Waals surface area contributed by atoms with E-state index in [-0.39, 0.29) is 18.1 Å². The molecule has 0 bridgehead atoms. The number of hydrogen-bond donors (Lipinski definition) is 1. The molecule has 1 aliphatic heterocycles. The second kappa shape index (κ2) is 7.55. The standard InChI is InChI=1S/C17H20FN3O3/c18-14-8-13(9-19-10-14)17(23)21-5-1-4-20(6-7-21)11-15-2-3-16(12-22)24-15/h2-3,8-10,22H,1,4-7,11-12H2. The Morgan fingerprint density at radius 2 is 2.04 bits per heavy atom. The zero-order valence-electron chi connectivity index (χ0n) is 13.3. The molecule has 1 N–H and O–H groups in total. The molecule has 2 aromatic heterocycles. The minimum atomic E-state index is -0.505. The van der Waals surface area contributed by atoms with Crippen LogP contribution < -0.4 is 0 Å². The van der Waals surface area contributed by atoms with Crippen molar-refractivity contribution in [2.24, 2.45) is 0 Å². The summed E-state index contributed by atoms with van der Waals surface area (Å²) in [5, 5.41) is 9.04. The molecule has 0 unspecified atom stereocenters. The molecule has 0 aromatic carbocycles. The van der Waals surface area contributed by atoms with Crippen LogP contribution in [-0.2, 0) is 13.2 Å². The van der Waals surface area contributed by atoms with Gasteiger partial charge in [-0.25, -0.2) is 4.39 Å². The summed E-state index contributed by atoms with van der Waals surface area (Å²) in [6, 6.07) is 4.84. The quantitative estimate of drug-likeness (QED) is 0.921. The van der Waals surface area contributed by atoms with Gasteiger partial charge in [0.2, 0.25) is 0 Å². The molecule has 2 aromatic rings. The van der Waals surface area contributed by atoms with E-state index in [1.807, 2.05) is 6.07 Å². The first-order chi connectivity index (χ1) is 11.7. The largest absolute Gasteiger partial charge is 0.462 e. The van der Waals surface area contributed by atoms with Gasteiger partial charge in [-0.2, -0.15) is 0 Å². The van der Waals surface area contributed by atoms with Crippen molar-refractivity contribution in [3.05, 3.63) is 53.5 Å². The van der Waals surface area contributed by atoms with Crippen LogP contribution in [0, 0.1) is 5.82 Å². The molecule has 1 fully saturated rings. The summed E-state index contributed by atoms with van der Waals surface area (Å²) in [4.78, 5) is 20.1. The highest BCUT2D eigenvalue weighted by atomic mass is 19.1. The molecule has 0 spiro atoms. The first-order valence-electron chi connectivity index (χ1n) is 7.96. The Bertz CT molecular complexity index is 704. The average molecular weight is 333 g/mol. The SMILES string of the molecule is O=C(c1cncc(F)c1)N1CCCN(Cc2ccc(CO)o2)CC1. The number of pyridine rings is 1. The third-order valence-electron chi connectivity index (χ3n) is 4.08. The van der Waals surface area contributed by atoms with Gasteiger partial charge in [0.15, 0.2) is 0 Å². The summed E-state index contributed by atoms with van der Waals surface area (Å²) in [7, 11) is 0. The number of aromatic nitrogens is 1. The van der Waals surface area contributed by atoms with Crippen LogP contribution in [0.1, 0.15) is 28.3 Å². The summed E-state index contributed by atoms with van der Waals surface area (Å²) in [6.45, 7) is 3.30. The van der Waals surface area contributed by atoms with E-state index in [0.717, 1.165) is 24.9 Å². The van der Waals surface area contributed by atoms with Crippen LogP contribution in [0.25, 0.3) is 0 Å². The highest BCUT2D eigenvalue weighted by Crippen LogP contribution is 2.14. The second-order valence-electron chi connectivity index (χ2n) is 5.84. The van der Waals surface area contributed by atoms with E-state index in [2.05, 4.69) is 9.88 Å². The summed E-state index contributed by atoms with van der Waals surface area (Å²) in [5.74, 6) is 0.655. The number of rotatable bonds is 4. The zero-order valence-corrected chi connectivity index (χ0v) is 13.3. The maximum absolute atomic E-state index is 13.2.